The second-order valence-electron chi connectivity index (χ2n) is 4.17. The standard InChI is InChI=1S/C10H18F2N2O2/c11-9(12)6-14(3-4-15)10(16)7-1-2-8(13)5-7/h7-9,15H,1-6,13H2. The number of amides is 1. The summed E-state index contributed by atoms with van der Waals surface area (Å²) in [6.07, 6.45) is -0.585. The summed E-state index contributed by atoms with van der Waals surface area (Å²) < 4.78 is 24.5. The van der Waals surface area contributed by atoms with Crippen LogP contribution in [0.25, 0.3) is 0 Å². The first-order valence-corrected chi connectivity index (χ1v) is 5.48. The third-order valence-corrected chi connectivity index (χ3v) is 2.86. The molecule has 0 aromatic carbocycles. The van der Waals surface area contributed by atoms with Crippen LogP contribution in [0.15, 0.2) is 0 Å². The van der Waals surface area contributed by atoms with Crippen LogP contribution in [0.1, 0.15) is 19.3 Å². The molecule has 1 aliphatic carbocycles. The van der Waals surface area contributed by atoms with Gasteiger partial charge >= 0.3 is 0 Å². The molecule has 0 saturated heterocycles. The van der Waals surface area contributed by atoms with E-state index in [1.54, 1.807) is 0 Å². The zero-order valence-electron chi connectivity index (χ0n) is 9.11. The molecule has 1 aliphatic rings. The molecule has 1 amide bonds. The van der Waals surface area contributed by atoms with Crippen molar-refractivity contribution in [3.05, 3.63) is 0 Å². The van der Waals surface area contributed by atoms with Crippen LogP contribution in [-0.4, -0.2) is 48.1 Å². The van der Waals surface area contributed by atoms with E-state index in [4.69, 9.17) is 10.8 Å². The van der Waals surface area contributed by atoms with Gasteiger partial charge in [-0.15, -0.1) is 0 Å². The largest absolute Gasteiger partial charge is 0.395 e. The third-order valence-electron chi connectivity index (χ3n) is 2.86. The van der Waals surface area contributed by atoms with E-state index in [-0.39, 0.29) is 31.0 Å². The van der Waals surface area contributed by atoms with Gasteiger partial charge in [0, 0.05) is 18.5 Å². The molecule has 0 heterocycles. The van der Waals surface area contributed by atoms with Crippen LogP contribution in [0, 0.1) is 5.92 Å². The number of nitrogens with zero attached hydrogens (tertiary/aromatic N) is 1. The van der Waals surface area contributed by atoms with E-state index in [2.05, 4.69) is 0 Å². The van der Waals surface area contributed by atoms with Gasteiger partial charge < -0.3 is 15.7 Å². The van der Waals surface area contributed by atoms with Crippen molar-refractivity contribution in [2.45, 2.75) is 31.7 Å². The molecule has 2 atom stereocenters. The third kappa shape index (κ3) is 3.68. The smallest absolute Gasteiger partial charge is 0.255 e. The molecular weight excluding hydrogens is 218 g/mol. The summed E-state index contributed by atoms with van der Waals surface area (Å²) in [6.45, 7) is -0.933. The van der Waals surface area contributed by atoms with Gasteiger partial charge in [-0.1, -0.05) is 0 Å². The monoisotopic (exact) mass is 236 g/mol. The summed E-state index contributed by atoms with van der Waals surface area (Å²) in [5.41, 5.74) is 5.67. The van der Waals surface area contributed by atoms with Crippen LogP contribution < -0.4 is 5.73 Å². The maximum absolute atomic E-state index is 12.2. The second kappa shape index (κ2) is 6.10. The first-order chi connectivity index (χ1) is 7.54. The van der Waals surface area contributed by atoms with Crippen molar-refractivity contribution in [3.8, 4) is 0 Å². The van der Waals surface area contributed by atoms with Gasteiger partial charge in [0.05, 0.1) is 13.2 Å². The number of halogens is 2. The number of carbonyl (C=O) groups is 1. The Labute approximate surface area is 93.4 Å². The lowest BCUT2D eigenvalue weighted by atomic mass is 10.1. The highest BCUT2D eigenvalue weighted by atomic mass is 19.3. The predicted molar refractivity (Wildman–Crippen MR) is 55.0 cm³/mol. The van der Waals surface area contributed by atoms with Crippen LogP contribution >= 0.6 is 0 Å². The van der Waals surface area contributed by atoms with Crippen LogP contribution in [0.2, 0.25) is 0 Å². The molecule has 0 aromatic rings. The predicted octanol–water partition coefficient (Wildman–Crippen LogP) is 0.200. The van der Waals surface area contributed by atoms with Crippen molar-refractivity contribution in [1.82, 2.24) is 4.90 Å². The zero-order valence-corrected chi connectivity index (χ0v) is 9.11. The highest BCUT2D eigenvalue weighted by molar-refractivity contribution is 5.79. The second-order valence-corrected chi connectivity index (χ2v) is 4.17. The SMILES string of the molecule is NC1CCC(C(=O)N(CCO)CC(F)F)C1. The average Bonchev–Trinajstić information content (AvgIpc) is 2.62. The van der Waals surface area contributed by atoms with Gasteiger partial charge in [-0.2, -0.15) is 0 Å². The number of aliphatic hydroxyl groups is 1. The van der Waals surface area contributed by atoms with Gasteiger partial charge in [0.15, 0.2) is 0 Å². The maximum atomic E-state index is 12.2. The van der Waals surface area contributed by atoms with E-state index in [1.807, 2.05) is 0 Å². The summed E-state index contributed by atoms with van der Waals surface area (Å²) in [7, 11) is 0. The van der Waals surface area contributed by atoms with Gasteiger partial charge in [0.1, 0.15) is 0 Å². The summed E-state index contributed by atoms with van der Waals surface area (Å²) in [5, 5.41) is 8.73. The zero-order chi connectivity index (χ0) is 12.1. The quantitative estimate of drug-likeness (QED) is 0.716. The van der Waals surface area contributed by atoms with Crippen LogP contribution in [0.5, 0.6) is 0 Å². The molecule has 1 fully saturated rings. The minimum Gasteiger partial charge on any atom is -0.395 e. The van der Waals surface area contributed by atoms with Crippen LogP contribution in [0.4, 0.5) is 8.78 Å². The molecule has 6 heteroatoms. The fourth-order valence-corrected chi connectivity index (χ4v) is 2.08. The van der Waals surface area contributed by atoms with Crippen LogP contribution in [-0.2, 0) is 4.79 Å². The lowest BCUT2D eigenvalue weighted by Gasteiger charge is -2.24. The number of carbonyl (C=O) groups excluding carboxylic acids is 1. The lowest BCUT2D eigenvalue weighted by Crippen LogP contribution is -2.40. The Balaban J connectivity index is 2.52. The molecule has 3 N–H and O–H groups in total. The molecule has 16 heavy (non-hydrogen) atoms. The van der Waals surface area contributed by atoms with Crippen molar-refractivity contribution < 1.29 is 18.7 Å². The molecule has 0 aliphatic heterocycles. The topological polar surface area (TPSA) is 66.6 Å². The molecule has 2 unspecified atom stereocenters. The highest BCUT2D eigenvalue weighted by Crippen LogP contribution is 2.26. The van der Waals surface area contributed by atoms with Crippen LogP contribution in [0.3, 0.4) is 0 Å². The van der Waals surface area contributed by atoms with Crippen molar-refractivity contribution >= 4 is 5.91 Å². The van der Waals surface area contributed by atoms with Gasteiger partial charge in [-0.3, -0.25) is 4.79 Å². The fourth-order valence-electron chi connectivity index (χ4n) is 2.08. The minimum atomic E-state index is -2.56. The molecule has 4 nitrogen and oxygen atoms in total. The normalized spacial score (nSPS) is 25.1. The number of nitrogens with two attached hydrogens (primary N) is 1. The van der Waals surface area contributed by atoms with Gasteiger partial charge in [0.2, 0.25) is 5.91 Å². The summed E-state index contributed by atoms with van der Waals surface area (Å²) in [6, 6.07) is -0.00326. The van der Waals surface area contributed by atoms with E-state index < -0.39 is 13.0 Å². The molecular formula is C10H18F2N2O2. The molecule has 0 radical (unpaired) electrons. The van der Waals surface area contributed by atoms with Gasteiger partial charge in [-0.25, -0.2) is 8.78 Å². The number of rotatable bonds is 5. The van der Waals surface area contributed by atoms with Gasteiger partial charge in [-0.05, 0) is 19.3 Å². The Bertz CT molecular complexity index is 239. The van der Waals surface area contributed by atoms with E-state index in [0.29, 0.717) is 12.8 Å². The van der Waals surface area contributed by atoms with E-state index in [1.165, 1.54) is 0 Å². The molecule has 0 spiro atoms. The Kier molecular flexibility index (Phi) is 5.08. The molecule has 1 rings (SSSR count). The summed E-state index contributed by atoms with van der Waals surface area (Å²) in [4.78, 5) is 12.9. The number of hydrogen-bond acceptors (Lipinski definition) is 3. The number of hydrogen-bond donors (Lipinski definition) is 2. The lowest BCUT2D eigenvalue weighted by molar-refractivity contribution is -0.137. The Morgan fingerprint density at radius 3 is 2.62 bits per heavy atom. The Morgan fingerprint density at radius 2 is 2.19 bits per heavy atom. The fraction of sp³-hybridized carbons (Fsp3) is 0.900. The van der Waals surface area contributed by atoms with E-state index >= 15 is 0 Å². The maximum Gasteiger partial charge on any atom is 0.255 e. The Hall–Kier alpha value is -0.750. The molecule has 94 valence electrons. The van der Waals surface area contributed by atoms with Crippen molar-refractivity contribution in [2.24, 2.45) is 11.7 Å². The van der Waals surface area contributed by atoms with Crippen molar-refractivity contribution in [3.63, 3.8) is 0 Å². The van der Waals surface area contributed by atoms with E-state index in [0.717, 1.165) is 11.3 Å². The summed E-state index contributed by atoms with van der Waals surface area (Å²) >= 11 is 0. The minimum absolute atomic E-state index is 0.00326. The van der Waals surface area contributed by atoms with Crippen molar-refractivity contribution in [1.29, 1.82) is 0 Å². The molecule has 0 aromatic heterocycles. The van der Waals surface area contributed by atoms with Crippen molar-refractivity contribution in [2.75, 3.05) is 19.7 Å². The molecule has 0 bridgehead atoms. The van der Waals surface area contributed by atoms with E-state index in [9.17, 15) is 13.6 Å². The highest BCUT2D eigenvalue weighted by Gasteiger charge is 2.31. The number of aliphatic hydroxyl groups excluding tert-OH is 1. The van der Waals surface area contributed by atoms with Gasteiger partial charge in [0.25, 0.3) is 6.43 Å². The summed E-state index contributed by atoms with van der Waals surface area (Å²) in [5.74, 6) is -0.553. The molecule has 1 saturated carbocycles. The first-order valence-electron chi connectivity index (χ1n) is 5.48. The average molecular weight is 236 g/mol. The first kappa shape index (κ1) is 13.3. The number of alkyl halides is 2. The Morgan fingerprint density at radius 1 is 1.50 bits per heavy atom.